The first-order valence-electron chi connectivity index (χ1n) is 29.3. The minimum Gasteiger partial charge on any atom is -0.373 e. The molecule has 9 rings (SSSR count). The van der Waals surface area contributed by atoms with Gasteiger partial charge in [0.15, 0.2) is 0 Å². The number of thioether (sulfide) groups is 1. The minimum absolute atomic E-state index is 0.00670. The maximum absolute atomic E-state index is 13.0. The van der Waals surface area contributed by atoms with Gasteiger partial charge in [0.1, 0.15) is 5.69 Å². The summed E-state index contributed by atoms with van der Waals surface area (Å²) in [5.74, 6) is 0.888. The number of anilines is 1. The molecule has 3 atom stereocenters. The predicted molar refractivity (Wildman–Crippen MR) is 329 cm³/mol. The zero-order valence-corrected chi connectivity index (χ0v) is 52.5. The summed E-state index contributed by atoms with van der Waals surface area (Å²) >= 11 is 1.58. The highest BCUT2D eigenvalue weighted by molar-refractivity contribution is 8.01. The highest BCUT2D eigenvalue weighted by Crippen LogP contribution is 2.42. The number of para-hydroxylation sites is 1. The standard InChI is InChI=1S/C25H38N2O.C22H24N4O.C10H17NO2S.C8H15N3/c1-17-21-16-15-20(28-25(5,6)7)9-8-10-22(21)23(27-26-17)18-11-13-19(14-12-18)24(2,3)4;1-14(2)22(27)25-13-16-9-5-6-10-17(16)21-20(23-24-26(21)15(3)4)18-11-7-8-12-19(18)25;1-6(2)11-9(12)5-8(10(11)13)14-7(3)4;1-6(2)8-5-11(7(3)4)10-9-8/h11-14,20,22,26H,8-10,15-16H2,1-7H3;5-12,14-15H,13H2,1-4H3;6-8H,5H2,1-4H3;5-7H,1-4H3. The zero-order valence-electron chi connectivity index (χ0n) is 51.7. The summed E-state index contributed by atoms with van der Waals surface area (Å²) in [7, 11) is 0. The first-order chi connectivity index (χ1) is 37.6. The summed E-state index contributed by atoms with van der Waals surface area (Å²) in [5.41, 5.74) is 16.9. The molecular weight excluding hydrogens is 1020 g/mol. The highest BCUT2D eigenvalue weighted by Gasteiger charge is 2.40. The van der Waals surface area contributed by atoms with Gasteiger partial charge in [-0.2, -0.15) is 5.10 Å². The molecule has 1 aliphatic carbocycles. The van der Waals surface area contributed by atoms with Gasteiger partial charge in [0.05, 0.1) is 46.3 Å². The number of hydrogen-bond acceptors (Lipinski definition) is 11. The Labute approximate surface area is 483 Å². The topological polar surface area (TPSA) is 153 Å². The fourth-order valence-electron chi connectivity index (χ4n) is 10.5. The molecule has 0 radical (unpaired) electrons. The van der Waals surface area contributed by atoms with Crippen LogP contribution in [0.4, 0.5) is 5.69 Å². The first-order valence-corrected chi connectivity index (χ1v) is 30.2. The second-order valence-electron chi connectivity index (χ2n) is 25.5. The molecule has 15 heteroatoms. The van der Waals surface area contributed by atoms with E-state index >= 15 is 0 Å². The van der Waals surface area contributed by atoms with Crippen LogP contribution >= 0.6 is 11.8 Å². The van der Waals surface area contributed by atoms with Gasteiger partial charge in [0.2, 0.25) is 17.7 Å². The molecule has 14 nitrogen and oxygen atoms in total. The lowest BCUT2D eigenvalue weighted by Gasteiger charge is -2.34. The molecule has 0 spiro atoms. The Hall–Kier alpha value is -5.93. The van der Waals surface area contributed by atoms with E-state index in [9.17, 15) is 14.4 Å². The Morgan fingerprint density at radius 3 is 1.95 bits per heavy atom. The summed E-state index contributed by atoms with van der Waals surface area (Å²) in [6.45, 7) is 40.3. The number of hydrogen-bond donors (Lipinski definition) is 1. The van der Waals surface area contributed by atoms with Crippen molar-refractivity contribution < 1.29 is 19.1 Å². The lowest BCUT2D eigenvalue weighted by Crippen LogP contribution is -2.37. The van der Waals surface area contributed by atoms with Gasteiger partial charge in [-0.05, 0) is 146 Å². The summed E-state index contributed by atoms with van der Waals surface area (Å²) in [5, 5.41) is 22.1. The van der Waals surface area contributed by atoms with Crippen LogP contribution in [0, 0.1) is 11.8 Å². The van der Waals surface area contributed by atoms with Crippen LogP contribution in [0.5, 0.6) is 0 Å². The van der Waals surface area contributed by atoms with E-state index < -0.39 is 0 Å². The lowest BCUT2D eigenvalue weighted by molar-refractivity contribution is -0.140. The Morgan fingerprint density at radius 2 is 1.40 bits per heavy atom. The van der Waals surface area contributed by atoms with Gasteiger partial charge in [-0.25, -0.2) is 9.36 Å². The average molecular weight is 1110 g/mol. The number of imide groups is 1. The van der Waals surface area contributed by atoms with Gasteiger partial charge >= 0.3 is 0 Å². The van der Waals surface area contributed by atoms with Gasteiger partial charge in [0, 0.05) is 59.4 Å². The van der Waals surface area contributed by atoms with Gasteiger partial charge in [-0.3, -0.25) is 24.7 Å². The molecule has 5 aromatic rings. The van der Waals surface area contributed by atoms with Gasteiger partial charge in [-0.15, -0.1) is 22.0 Å². The molecule has 4 aliphatic rings. The number of rotatable bonds is 9. The van der Waals surface area contributed by atoms with Crippen molar-refractivity contribution >= 4 is 40.9 Å². The Bertz CT molecular complexity index is 2930. The van der Waals surface area contributed by atoms with Crippen molar-refractivity contribution in [2.75, 3.05) is 4.90 Å². The van der Waals surface area contributed by atoms with E-state index in [2.05, 4.69) is 152 Å². The third kappa shape index (κ3) is 16.0. The fraction of sp³-hybridized carbons (Fsp3) is 0.569. The van der Waals surface area contributed by atoms with E-state index in [0.717, 1.165) is 65.1 Å². The quantitative estimate of drug-likeness (QED) is 0.141. The van der Waals surface area contributed by atoms with Gasteiger partial charge in [-0.1, -0.05) is 139 Å². The second-order valence-corrected chi connectivity index (χ2v) is 27.3. The van der Waals surface area contributed by atoms with E-state index in [-0.39, 0.29) is 52.0 Å². The highest BCUT2D eigenvalue weighted by atomic mass is 32.2. The van der Waals surface area contributed by atoms with Crippen LogP contribution < -0.4 is 10.3 Å². The van der Waals surface area contributed by atoms with Crippen LogP contribution in [0.1, 0.15) is 210 Å². The van der Waals surface area contributed by atoms with Crippen molar-refractivity contribution in [2.24, 2.45) is 16.9 Å². The Morgan fingerprint density at radius 1 is 0.750 bits per heavy atom. The van der Waals surface area contributed by atoms with Crippen LogP contribution in [0.2, 0.25) is 0 Å². The first kappa shape index (κ1) is 63.3. The van der Waals surface area contributed by atoms with Crippen molar-refractivity contribution in [2.45, 2.75) is 228 Å². The number of carbonyl (C=O) groups is 3. The summed E-state index contributed by atoms with van der Waals surface area (Å²) in [6.07, 6.45) is 8.40. The minimum atomic E-state index is -0.148. The third-order valence-corrected chi connectivity index (χ3v) is 15.9. The maximum Gasteiger partial charge on any atom is 0.243 e. The smallest absolute Gasteiger partial charge is 0.243 e. The third-order valence-electron chi connectivity index (χ3n) is 14.6. The summed E-state index contributed by atoms with van der Waals surface area (Å²) in [4.78, 5) is 39.6. The van der Waals surface area contributed by atoms with E-state index in [1.165, 1.54) is 39.4 Å². The molecule has 3 aromatic carbocycles. The van der Waals surface area contributed by atoms with Crippen molar-refractivity contribution in [3.05, 3.63) is 113 Å². The zero-order chi connectivity index (χ0) is 59.0. The Kier molecular flexibility index (Phi) is 21.5. The number of nitrogens with zero attached hydrogens (tertiary/aromatic N) is 9. The number of benzene rings is 3. The molecule has 1 N–H and O–H groups in total. The number of amides is 3. The molecule has 3 unspecified atom stereocenters. The molecule has 434 valence electrons. The van der Waals surface area contributed by atoms with E-state index in [4.69, 9.17) is 9.84 Å². The van der Waals surface area contributed by atoms with Crippen LogP contribution in [0.3, 0.4) is 0 Å². The van der Waals surface area contributed by atoms with Gasteiger partial charge < -0.3 is 9.64 Å². The monoisotopic (exact) mass is 1110 g/mol. The molecule has 5 heterocycles. The molecule has 3 aliphatic heterocycles. The number of likely N-dealkylation sites (tertiary alicyclic amines) is 1. The predicted octanol–water partition coefficient (Wildman–Crippen LogP) is 14.7. The summed E-state index contributed by atoms with van der Waals surface area (Å²) < 4.78 is 10.2. The van der Waals surface area contributed by atoms with Crippen LogP contribution in [0.25, 0.3) is 22.5 Å². The number of fused-ring (bicyclic) bond motifs is 6. The van der Waals surface area contributed by atoms with E-state index in [0.29, 0.717) is 42.2 Å². The van der Waals surface area contributed by atoms with Crippen LogP contribution in [-0.2, 0) is 31.1 Å². The van der Waals surface area contributed by atoms with Crippen LogP contribution in [-0.4, -0.2) is 86.6 Å². The molecule has 1 saturated heterocycles. The molecule has 80 heavy (non-hydrogen) atoms. The second kappa shape index (κ2) is 27.2. The number of aromatic nitrogens is 6. The van der Waals surface area contributed by atoms with E-state index in [1.54, 1.807) is 11.8 Å². The number of allylic oxidation sites excluding steroid dienone is 2. The molecule has 0 bridgehead atoms. The number of carbonyl (C=O) groups excluding carboxylic acids is 3. The molecule has 2 aromatic heterocycles. The van der Waals surface area contributed by atoms with Gasteiger partial charge in [0.25, 0.3) is 0 Å². The Balaban J connectivity index is 0.000000184. The normalized spacial score (nSPS) is 18.4. The SMILES string of the molecule is CC(C)C(=O)N1Cc2ccccc2-c2c(nnn2C(C)C)-c2ccccc21.CC(C)SC1CC(=O)N(C(C)C)C1=O.CC(C)c1cn(C(C)C)nn1.CC1=C2CCC(OC(C)(C)C)CCCC2C(c2ccc(C(C)(C)C)cc2)=NN1. The van der Waals surface area contributed by atoms with Crippen molar-refractivity contribution in [1.29, 1.82) is 0 Å². The molecule has 3 amide bonds. The molecule has 1 saturated carbocycles. The van der Waals surface area contributed by atoms with Crippen LogP contribution in [0.15, 0.2) is 95.4 Å². The average Bonchev–Trinajstić information content (AvgIpc) is 4.13. The number of hydrazone groups is 1. The van der Waals surface area contributed by atoms with Crippen molar-refractivity contribution in [1.82, 2.24) is 40.3 Å². The van der Waals surface area contributed by atoms with E-state index in [1.807, 2.05) is 98.4 Å². The van der Waals surface area contributed by atoms with Crippen molar-refractivity contribution in [3.8, 4) is 22.5 Å². The number of nitrogens with one attached hydrogen (secondary N) is 1. The molecule has 2 fully saturated rings. The maximum atomic E-state index is 13.0. The summed E-state index contributed by atoms with van der Waals surface area (Å²) in [6, 6.07) is 25.9. The number of ether oxygens (including phenoxy) is 1. The van der Waals surface area contributed by atoms with Crippen molar-refractivity contribution in [3.63, 3.8) is 0 Å². The molecular formula is C65H94N10O4S. The largest absolute Gasteiger partial charge is 0.373 e. The lowest BCUT2D eigenvalue weighted by atomic mass is 9.78. The fourth-order valence-corrected chi connectivity index (χ4v) is 11.6.